The highest BCUT2D eigenvalue weighted by Crippen LogP contribution is 2.41. The highest BCUT2D eigenvalue weighted by molar-refractivity contribution is 5.93. The molecule has 6 nitrogen and oxygen atoms in total. The summed E-state index contributed by atoms with van der Waals surface area (Å²) in [6.45, 7) is 5.19. The number of alkyl halides is 2. The number of hydrogen-bond acceptors (Lipinski definition) is 5. The van der Waals surface area contributed by atoms with Gasteiger partial charge in [0.15, 0.2) is 0 Å². The van der Waals surface area contributed by atoms with Gasteiger partial charge in [-0.3, -0.25) is 9.78 Å². The molecule has 1 aliphatic rings. The number of methoxy groups -OCH3 is 1. The fourth-order valence-corrected chi connectivity index (χ4v) is 4.40. The molecule has 34 heavy (non-hydrogen) atoms. The number of rotatable bonds is 6. The molecule has 1 fully saturated rings. The number of ether oxygens (including phenoxy) is 1. The number of pyridine rings is 1. The molecule has 1 saturated heterocycles. The van der Waals surface area contributed by atoms with Crippen LogP contribution in [0.5, 0.6) is 5.75 Å². The molecule has 0 aliphatic carbocycles. The van der Waals surface area contributed by atoms with E-state index in [1.165, 1.54) is 31.1 Å². The number of anilines is 1. The molecule has 2 heterocycles. The molecule has 0 spiro atoms. The average Bonchev–Trinajstić information content (AvgIpc) is 2.75. The van der Waals surface area contributed by atoms with Gasteiger partial charge in [-0.25, -0.2) is 13.2 Å². The lowest BCUT2D eigenvalue weighted by atomic mass is 9.84. The maximum atomic E-state index is 14.7. The van der Waals surface area contributed by atoms with Crippen molar-refractivity contribution in [2.24, 2.45) is 0 Å². The topological polar surface area (TPSA) is 74.7 Å². The van der Waals surface area contributed by atoms with Gasteiger partial charge in [0.25, 0.3) is 6.43 Å². The number of benzene rings is 2. The summed E-state index contributed by atoms with van der Waals surface area (Å²) in [5.74, 6) is -0.639. The Morgan fingerprint density at radius 3 is 2.53 bits per heavy atom. The first kappa shape index (κ1) is 23.8. The molecule has 1 amide bonds. The number of aliphatic hydroxyl groups is 1. The quantitative estimate of drug-likeness (QED) is 0.535. The SMILES string of the molecule is COc1cc2nc(C)cc(N[C@H](C)c3cccc(C(F)F)c3F)c2cc1C1(O)CN(C(C)=O)C1. The summed E-state index contributed by atoms with van der Waals surface area (Å²) in [5, 5.41) is 15.0. The van der Waals surface area contributed by atoms with Crippen LogP contribution in [0.4, 0.5) is 18.9 Å². The summed E-state index contributed by atoms with van der Waals surface area (Å²) < 4.78 is 46.6. The molecular weight excluding hydrogens is 447 g/mol. The third-order valence-corrected chi connectivity index (χ3v) is 6.24. The second kappa shape index (κ2) is 8.79. The van der Waals surface area contributed by atoms with Gasteiger partial charge in [0.05, 0.1) is 37.3 Å². The Morgan fingerprint density at radius 1 is 1.24 bits per heavy atom. The van der Waals surface area contributed by atoms with Crippen LogP contribution in [-0.4, -0.2) is 41.1 Å². The van der Waals surface area contributed by atoms with Crippen LogP contribution in [0.3, 0.4) is 0 Å². The molecule has 0 unspecified atom stereocenters. The zero-order chi connectivity index (χ0) is 24.8. The monoisotopic (exact) mass is 473 g/mol. The summed E-state index contributed by atoms with van der Waals surface area (Å²) in [5.41, 5.74) is 0.572. The van der Waals surface area contributed by atoms with E-state index in [-0.39, 0.29) is 24.6 Å². The third kappa shape index (κ3) is 4.16. The molecule has 1 atom stereocenters. The number of nitrogens with one attached hydrogen (secondary N) is 1. The minimum atomic E-state index is -2.91. The van der Waals surface area contributed by atoms with E-state index in [4.69, 9.17) is 4.74 Å². The van der Waals surface area contributed by atoms with Gasteiger partial charge in [-0.1, -0.05) is 18.2 Å². The predicted octanol–water partition coefficient (Wildman–Crippen LogP) is 4.85. The van der Waals surface area contributed by atoms with Crippen molar-refractivity contribution in [3.63, 3.8) is 0 Å². The van der Waals surface area contributed by atoms with E-state index >= 15 is 0 Å². The average molecular weight is 473 g/mol. The van der Waals surface area contributed by atoms with Crippen LogP contribution in [0, 0.1) is 12.7 Å². The van der Waals surface area contributed by atoms with Gasteiger partial charge in [0.2, 0.25) is 5.91 Å². The first-order valence-electron chi connectivity index (χ1n) is 10.8. The Kier molecular flexibility index (Phi) is 6.16. The van der Waals surface area contributed by atoms with Crippen molar-refractivity contribution in [3.8, 4) is 5.75 Å². The second-order valence-electron chi connectivity index (χ2n) is 8.70. The maximum Gasteiger partial charge on any atom is 0.266 e. The largest absolute Gasteiger partial charge is 0.496 e. The van der Waals surface area contributed by atoms with E-state index in [1.807, 2.05) is 0 Å². The van der Waals surface area contributed by atoms with Crippen LogP contribution in [-0.2, 0) is 10.4 Å². The van der Waals surface area contributed by atoms with Crippen LogP contribution in [0.25, 0.3) is 10.9 Å². The van der Waals surface area contributed by atoms with Crippen molar-refractivity contribution in [1.82, 2.24) is 9.88 Å². The van der Waals surface area contributed by atoms with E-state index in [0.717, 1.165) is 6.07 Å². The molecule has 0 radical (unpaired) electrons. The third-order valence-electron chi connectivity index (χ3n) is 6.24. The number of amides is 1. The standard InChI is InChI=1S/C25H26F3N3O3/c1-13-8-20(30-14(2)16-6-5-7-17(23(16)26)24(27)28)18-9-19(22(34-4)10-21(18)29-13)25(33)11-31(12-25)15(3)32/h5-10,14,24,33H,11-12H2,1-4H3,(H,29,30)/t14-/m1/s1. The van der Waals surface area contributed by atoms with Crippen molar-refractivity contribution in [1.29, 1.82) is 0 Å². The van der Waals surface area contributed by atoms with Gasteiger partial charge in [0.1, 0.15) is 17.2 Å². The minimum Gasteiger partial charge on any atom is -0.496 e. The van der Waals surface area contributed by atoms with Gasteiger partial charge in [-0.15, -0.1) is 0 Å². The number of hydrogen-bond donors (Lipinski definition) is 2. The van der Waals surface area contributed by atoms with Gasteiger partial charge in [0, 0.05) is 40.9 Å². The summed E-state index contributed by atoms with van der Waals surface area (Å²) in [6, 6.07) is 8.55. The number of fused-ring (bicyclic) bond motifs is 1. The number of aryl methyl sites for hydroxylation is 1. The first-order chi connectivity index (χ1) is 16.0. The second-order valence-corrected chi connectivity index (χ2v) is 8.70. The fraction of sp³-hybridized carbons (Fsp3) is 0.360. The number of likely N-dealkylation sites (tertiary alicyclic amines) is 1. The van der Waals surface area contributed by atoms with Gasteiger partial charge in [-0.05, 0) is 26.0 Å². The van der Waals surface area contributed by atoms with Crippen molar-refractivity contribution in [2.75, 3.05) is 25.5 Å². The number of β-amino-alcohol motifs (C(OH)–C–C–N with tert-alkyl or cyclic N) is 1. The first-order valence-corrected chi connectivity index (χ1v) is 10.8. The van der Waals surface area contributed by atoms with E-state index in [2.05, 4.69) is 10.3 Å². The normalized spacial score (nSPS) is 15.9. The number of halogens is 3. The minimum absolute atomic E-state index is 0.115. The maximum absolute atomic E-state index is 14.7. The molecule has 0 saturated carbocycles. The van der Waals surface area contributed by atoms with Crippen molar-refractivity contribution in [2.45, 2.75) is 38.8 Å². The zero-order valence-corrected chi connectivity index (χ0v) is 19.3. The van der Waals surface area contributed by atoms with Crippen LogP contribution >= 0.6 is 0 Å². The number of carbonyl (C=O) groups is 1. The number of aromatic nitrogens is 1. The molecule has 1 aliphatic heterocycles. The molecule has 9 heteroatoms. The summed E-state index contributed by atoms with van der Waals surface area (Å²) >= 11 is 0. The van der Waals surface area contributed by atoms with E-state index < -0.39 is 29.4 Å². The Bertz CT molecular complexity index is 1260. The molecule has 180 valence electrons. The predicted molar refractivity (Wildman–Crippen MR) is 123 cm³/mol. The molecule has 1 aromatic heterocycles. The summed E-state index contributed by atoms with van der Waals surface area (Å²) in [7, 11) is 1.49. The lowest BCUT2D eigenvalue weighted by molar-refractivity contribution is -0.155. The smallest absolute Gasteiger partial charge is 0.266 e. The van der Waals surface area contributed by atoms with E-state index in [0.29, 0.717) is 33.6 Å². The molecule has 2 N–H and O–H groups in total. The Hall–Kier alpha value is -3.33. The molecule has 4 rings (SSSR count). The molecular formula is C25H26F3N3O3. The van der Waals surface area contributed by atoms with Crippen LogP contribution in [0.2, 0.25) is 0 Å². The van der Waals surface area contributed by atoms with Crippen molar-refractivity contribution < 1.29 is 27.8 Å². The Labute approximate surface area is 195 Å². The van der Waals surface area contributed by atoms with Crippen LogP contribution < -0.4 is 10.1 Å². The summed E-state index contributed by atoms with van der Waals surface area (Å²) in [6.07, 6.45) is -2.91. The highest BCUT2D eigenvalue weighted by Gasteiger charge is 2.46. The van der Waals surface area contributed by atoms with E-state index in [9.17, 15) is 23.1 Å². The Balaban J connectivity index is 1.76. The summed E-state index contributed by atoms with van der Waals surface area (Å²) in [4.78, 5) is 17.7. The molecule has 0 bridgehead atoms. The van der Waals surface area contributed by atoms with E-state index in [1.54, 1.807) is 32.0 Å². The van der Waals surface area contributed by atoms with Gasteiger partial charge in [-0.2, -0.15) is 0 Å². The fourth-order valence-electron chi connectivity index (χ4n) is 4.40. The lowest BCUT2D eigenvalue weighted by Gasteiger charge is -2.46. The van der Waals surface area contributed by atoms with Gasteiger partial charge < -0.3 is 20.1 Å². The van der Waals surface area contributed by atoms with Crippen molar-refractivity contribution >= 4 is 22.5 Å². The van der Waals surface area contributed by atoms with Crippen molar-refractivity contribution in [3.05, 3.63) is 64.6 Å². The molecule has 2 aromatic carbocycles. The number of nitrogens with zero attached hydrogens (tertiary/aromatic N) is 2. The molecule has 3 aromatic rings. The number of carbonyl (C=O) groups excluding carboxylic acids is 1. The van der Waals surface area contributed by atoms with Crippen LogP contribution in [0.1, 0.15) is 48.7 Å². The zero-order valence-electron chi connectivity index (χ0n) is 19.3. The highest BCUT2D eigenvalue weighted by atomic mass is 19.3. The van der Waals surface area contributed by atoms with Gasteiger partial charge >= 0.3 is 0 Å². The Morgan fingerprint density at radius 2 is 1.91 bits per heavy atom. The van der Waals surface area contributed by atoms with Crippen LogP contribution in [0.15, 0.2) is 36.4 Å². The lowest BCUT2D eigenvalue weighted by Crippen LogP contribution is -2.60.